The van der Waals surface area contributed by atoms with Crippen molar-refractivity contribution in [1.29, 1.82) is 0 Å². The summed E-state index contributed by atoms with van der Waals surface area (Å²) in [4.78, 5) is 11.8. The first kappa shape index (κ1) is 13.2. The van der Waals surface area contributed by atoms with Gasteiger partial charge < -0.3 is 5.73 Å². The van der Waals surface area contributed by atoms with Gasteiger partial charge in [0.2, 0.25) is 0 Å². The van der Waals surface area contributed by atoms with E-state index in [0.29, 0.717) is 5.02 Å². The van der Waals surface area contributed by atoms with Crippen molar-refractivity contribution in [2.24, 2.45) is 11.7 Å². The molecular weight excluding hydrogens is 222 g/mol. The number of Topliss-reactive ketones (excluding diaryl/α,β-unsaturated/α-hetero) is 1. The predicted molar refractivity (Wildman–Crippen MR) is 67.5 cm³/mol. The quantitative estimate of drug-likeness (QED) is 0.877. The second-order valence-corrected chi connectivity index (χ2v) is 4.62. The SMILES string of the molecule is CCC(C)C(N)(C(C)=O)c1ccccc1Cl. The highest BCUT2D eigenvalue weighted by Crippen LogP contribution is 2.34. The van der Waals surface area contributed by atoms with Gasteiger partial charge in [-0.2, -0.15) is 0 Å². The van der Waals surface area contributed by atoms with Crippen molar-refractivity contribution >= 4 is 17.4 Å². The van der Waals surface area contributed by atoms with Gasteiger partial charge in [0.15, 0.2) is 5.78 Å². The lowest BCUT2D eigenvalue weighted by Gasteiger charge is -2.33. The molecule has 0 heterocycles. The number of hydrogen-bond donors (Lipinski definition) is 1. The Labute approximate surface area is 102 Å². The van der Waals surface area contributed by atoms with Crippen LogP contribution in [0, 0.1) is 5.92 Å². The summed E-state index contributed by atoms with van der Waals surface area (Å²) in [6.45, 7) is 5.52. The second kappa shape index (κ2) is 4.98. The van der Waals surface area contributed by atoms with E-state index in [0.717, 1.165) is 12.0 Å². The van der Waals surface area contributed by atoms with Crippen LogP contribution in [0.15, 0.2) is 24.3 Å². The van der Waals surface area contributed by atoms with Crippen LogP contribution in [0.25, 0.3) is 0 Å². The molecule has 0 bridgehead atoms. The third-order valence-corrected chi connectivity index (χ3v) is 3.62. The summed E-state index contributed by atoms with van der Waals surface area (Å²) in [5.41, 5.74) is 6.02. The van der Waals surface area contributed by atoms with Gasteiger partial charge in [0.25, 0.3) is 0 Å². The summed E-state index contributed by atoms with van der Waals surface area (Å²) in [6, 6.07) is 7.29. The molecule has 0 aromatic heterocycles. The van der Waals surface area contributed by atoms with E-state index in [1.54, 1.807) is 6.07 Å². The lowest BCUT2D eigenvalue weighted by atomic mass is 9.76. The minimum absolute atomic E-state index is 0.0463. The van der Waals surface area contributed by atoms with Crippen LogP contribution in [-0.2, 0) is 10.3 Å². The zero-order chi connectivity index (χ0) is 12.3. The molecule has 2 atom stereocenters. The van der Waals surface area contributed by atoms with Crippen LogP contribution in [0.3, 0.4) is 0 Å². The van der Waals surface area contributed by atoms with E-state index < -0.39 is 5.54 Å². The van der Waals surface area contributed by atoms with E-state index in [9.17, 15) is 4.79 Å². The van der Waals surface area contributed by atoms with Crippen LogP contribution in [-0.4, -0.2) is 5.78 Å². The summed E-state index contributed by atoms with van der Waals surface area (Å²) in [6.07, 6.45) is 0.835. The van der Waals surface area contributed by atoms with Crippen LogP contribution in [0.4, 0.5) is 0 Å². The molecule has 16 heavy (non-hydrogen) atoms. The van der Waals surface area contributed by atoms with Crippen molar-refractivity contribution in [2.75, 3.05) is 0 Å². The Hall–Kier alpha value is -0.860. The van der Waals surface area contributed by atoms with Crippen LogP contribution < -0.4 is 5.73 Å². The molecule has 0 radical (unpaired) electrons. The maximum absolute atomic E-state index is 11.8. The van der Waals surface area contributed by atoms with E-state index in [4.69, 9.17) is 17.3 Å². The maximum atomic E-state index is 11.8. The van der Waals surface area contributed by atoms with E-state index in [2.05, 4.69) is 0 Å². The third-order valence-electron chi connectivity index (χ3n) is 3.29. The fourth-order valence-electron chi connectivity index (χ4n) is 1.92. The second-order valence-electron chi connectivity index (χ2n) is 4.21. The van der Waals surface area contributed by atoms with Gasteiger partial charge in [0.1, 0.15) is 5.54 Å². The molecule has 1 rings (SSSR count). The Kier molecular flexibility index (Phi) is 4.11. The fourth-order valence-corrected chi connectivity index (χ4v) is 2.21. The van der Waals surface area contributed by atoms with Gasteiger partial charge in [-0.25, -0.2) is 0 Å². The van der Waals surface area contributed by atoms with Gasteiger partial charge in [0, 0.05) is 5.02 Å². The highest BCUT2D eigenvalue weighted by Gasteiger charge is 2.38. The molecule has 0 fully saturated rings. The molecular formula is C13H18ClNO. The van der Waals surface area contributed by atoms with Crippen LogP contribution in [0.5, 0.6) is 0 Å². The highest BCUT2D eigenvalue weighted by atomic mass is 35.5. The summed E-state index contributed by atoms with van der Waals surface area (Å²) < 4.78 is 0. The molecule has 2 N–H and O–H groups in total. The lowest BCUT2D eigenvalue weighted by molar-refractivity contribution is -0.124. The first-order valence-corrected chi connectivity index (χ1v) is 5.87. The largest absolute Gasteiger partial charge is 0.315 e. The van der Waals surface area contributed by atoms with Gasteiger partial charge in [-0.05, 0) is 24.5 Å². The summed E-state index contributed by atoms with van der Waals surface area (Å²) in [5, 5.41) is 0.556. The molecule has 1 aromatic rings. The molecule has 2 nitrogen and oxygen atoms in total. The summed E-state index contributed by atoms with van der Waals surface area (Å²) in [5.74, 6) is 0.0137. The van der Waals surface area contributed by atoms with Gasteiger partial charge >= 0.3 is 0 Å². The third kappa shape index (κ3) is 2.13. The van der Waals surface area contributed by atoms with E-state index in [1.807, 2.05) is 32.0 Å². The van der Waals surface area contributed by atoms with Gasteiger partial charge in [-0.15, -0.1) is 0 Å². The Morgan fingerprint density at radius 3 is 2.50 bits per heavy atom. The molecule has 0 aliphatic rings. The zero-order valence-electron chi connectivity index (χ0n) is 9.96. The summed E-state index contributed by atoms with van der Waals surface area (Å²) >= 11 is 6.12. The van der Waals surface area contributed by atoms with Crippen molar-refractivity contribution in [3.8, 4) is 0 Å². The number of nitrogens with two attached hydrogens (primary N) is 1. The van der Waals surface area contributed by atoms with Gasteiger partial charge in [0.05, 0.1) is 0 Å². The molecule has 0 aliphatic heterocycles. The Bertz CT molecular complexity index is 391. The molecule has 1 aromatic carbocycles. The Morgan fingerprint density at radius 2 is 2.06 bits per heavy atom. The molecule has 0 spiro atoms. The standard InChI is InChI=1S/C13H18ClNO/c1-4-9(2)13(15,10(3)16)11-7-5-6-8-12(11)14/h5-9H,4,15H2,1-3H3. The molecule has 2 unspecified atom stereocenters. The lowest BCUT2D eigenvalue weighted by Crippen LogP contribution is -2.49. The number of carbonyl (C=O) groups is 1. The molecule has 0 saturated carbocycles. The van der Waals surface area contributed by atoms with Crippen LogP contribution in [0.2, 0.25) is 5.02 Å². The first-order valence-electron chi connectivity index (χ1n) is 5.49. The normalized spacial score (nSPS) is 16.6. The molecule has 3 heteroatoms. The highest BCUT2D eigenvalue weighted by molar-refractivity contribution is 6.31. The fraction of sp³-hybridized carbons (Fsp3) is 0.462. The van der Waals surface area contributed by atoms with Gasteiger partial charge in [-0.3, -0.25) is 4.79 Å². The van der Waals surface area contributed by atoms with E-state index >= 15 is 0 Å². The number of halogens is 1. The zero-order valence-corrected chi connectivity index (χ0v) is 10.7. The maximum Gasteiger partial charge on any atom is 0.154 e. The van der Waals surface area contributed by atoms with Crippen molar-refractivity contribution in [3.05, 3.63) is 34.9 Å². The average molecular weight is 240 g/mol. The van der Waals surface area contributed by atoms with Crippen LogP contribution in [0.1, 0.15) is 32.8 Å². The predicted octanol–water partition coefficient (Wildman–Crippen LogP) is 3.13. The Morgan fingerprint density at radius 1 is 1.50 bits per heavy atom. The smallest absolute Gasteiger partial charge is 0.154 e. The van der Waals surface area contributed by atoms with Crippen molar-refractivity contribution < 1.29 is 4.79 Å². The Balaban J connectivity index is 3.33. The first-order chi connectivity index (χ1) is 7.44. The van der Waals surface area contributed by atoms with Crippen molar-refractivity contribution in [3.63, 3.8) is 0 Å². The molecule has 0 saturated heterocycles. The number of benzene rings is 1. The number of ketones is 1. The molecule has 0 aliphatic carbocycles. The van der Waals surface area contributed by atoms with E-state index in [-0.39, 0.29) is 11.7 Å². The average Bonchev–Trinajstić information content (AvgIpc) is 2.27. The van der Waals surface area contributed by atoms with Crippen molar-refractivity contribution in [1.82, 2.24) is 0 Å². The molecule has 88 valence electrons. The number of carbonyl (C=O) groups excluding carboxylic acids is 1. The monoisotopic (exact) mass is 239 g/mol. The van der Waals surface area contributed by atoms with Gasteiger partial charge in [-0.1, -0.05) is 50.1 Å². The minimum Gasteiger partial charge on any atom is -0.315 e. The topological polar surface area (TPSA) is 43.1 Å². The number of hydrogen-bond acceptors (Lipinski definition) is 2. The van der Waals surface area contributed by atoms with Crippen LogP contribution >= 0.6 is 11.6 Å². The molecule has 0 amide bonds. The van der Waals surface area contributed by atoms with Crippen molar-refractivity contribution in [2.45, 2.75) is 32.7 Å². The van der Waals surface area contributed by atoms with E-state index in [1.165, 1.54) is 6.92 Å². The number of rotatable bonds is 4. The minimum atomic E-state index is -0.979. The summed E-state index contributed by atoms with van der Waals surface area (Å²) in [7, 11) is 0.